The van der Waals surface area contributed by atoms with Crippen LogP contribution < -0.4 is 0 Å². The van der Waals surface area contributed by atoms with E-state index in [1.54, 1.807) is 0 Å². The van der Waals surface area contributed by atoms with E-state index in [0.717, 1.165) is 24.8 Å². The third-order valence-corrected chi connectivity index (χ3v) is 4.56. The summed E-state index contributed by atoms with van der Waals surface area (Å²) in [7, 11) is 0. The Morgan fingerprint density at radius 2 is 2.09 bits per heavy atom. The Morgan fingerprint density at radius 3 is 2.91 bits per heavy atom. The molecule has 2 aliphatic heterocycles. The highest BCUT2D eigenvalue weighted by atomic mass is 16.5. The van der Waals surface area contributed by atoms with Gasteiger partial charge in [0.25, 0.3) is 0 Å². The fourth-order valence-electron chi connectivity index (χ4n) is 3.41. The Morgan fingerprint density at radius 1 is 1.27 bits per heavy atom. The van der Waals surface area contributed by atoms with Crippen LogP contribution in [0, 0.1) is 0 Å². The van der Waals surface area contributed by atoms with Crippen molar-refractivity contribution in [3.63, 3.8) is 0 Å². The van der Waals surface area contributed by atoms with Crippen LogP contribution in [0.2, 0.25) is 0 Å². The van der Waals surface area contributed by atoms with Gasteiger partial charge < -0.3 is 14.7 Å². The second-order valence-electron chi connectivity index (χ2n) is 5.95. The molecule has 1 aromatic carbocycles. The van der Waals surface area contributed by atoms with E-state index in [-0.39, 0.29) is 18.4 Å². The Bertz CT molecular complexity index is 572. The van der Waals surface area contributed by atoms with E-state index in [2.05, 4.69) is 6.07 Å². The summed E-state index contributed by atoms with van der Waals surface area (Å²) in [4.78, 5) is 25.4. The van der Waals surface area contributed by atoms with Crippen molar-refractivity contribution in [2.24, 2.45) is 0 Å². The smallest absolute Gasteiger partial charge is 0.326 e. The predicted octanol–water partition coefficient (Wildman–Crippen LogP) is 2.16. The number of likely N-dealkylation sites (tertiary alicyclic amines) is 1. The van der Waals surface area contributed by atoms with Gasteiger partial charge >= 0.3 is 5.97 Å². The number of hydrogen-bond donors (Lipinski definition) is 1. The van der Waals surface area contributed by atoms with E-state index in [9.17, 15) is 14.7 Å². The molecule has 22 heavy (non-hydrogen) atoms. The summed E-state index contributed by atoms with van der Waals surface area (Å²) in [6.45, 7) is 1.14. The van der Waals surface area contributed by atoms with E-state index in [1.165, 1.54) is 10.5 Å². The Hall–Kier alpha value is -1.88. The number of hydrogen-bond acceptors (Lipinski definition) is 3. The second-order valence-corrected chi connectivity index (χ2v) is 5.95. The third kappa shape index (κ3) is 2.99. The first-order valence-electron chi connectivity index (χ1n) is 7.88. The minimum Gasteiger partial charge on any atom is -0.480 e. The first-order valence-corrected chi connectivity index (χ1v) is 7.88. The lowest BCUT2D eigenvalue weighted by atomic mass is 9.94. The molecule has 5 heteroatoms. The minimum atomic E-state index is -0.905. The van der Waals surface area contributed by atoms with Crippen LogP contribution in [-0.4, -0.2) is 41.1 Å². The third-order valence-electron chi connectivity index (χ3n) is 4.56. The minimum absolute atomic E-state index is 0.117. The van der Waals surface area contributed by atoms with Crippen molar-refractivity contribution in [3.8, 4) is 0 Å². The number of fused-ring (bicyclic) bond motifs is 1. The maximum atomic E-state index is 12.6. The quantitative estimate of drug-likeness (QED) is 0.929. The maximum Gasteiger partial charge on any atom is 0.326 e. The Kier molecular flexibility index (Phi) is 4.43. The standard InChI is InChI=1S/C17H21NO4/c19-16(18-9-4-3-7-14(18)17(20)21)11-15-13-6-2-1-5-12(13)8-10-22-15/h1-2,5-6,14-15H,3-4,7-11H2,(H,20,21). The van der Waals surface area contributed by atoms with Gasteiger partial charge in [0.15, 0.2) is 0 Å². The van der Waals surface area contributed by atoms with Crippen molar-refractivity contribution >= 4 is 11.9 Å². The molecule has 1 aromatic rings. The average Bonchev–Trinajstić information content (AvgIpc) is 2.55. The molecule has 1 amide bonds. The van der Waals surface area contributed by atoms with Crippen LogP contribution in [0.5, 0.6) is 0 Å². The van der Waals surface area contributed by atoms with Gasteiger partial charge in [-0.3, -0.25) is 4.79 Å². The summed E-state index contributed by atoms with van der Waals surface area (Å²) in [6.07, 6.45) is 3.11. The van der Waals surface area contributed by atoms with Gasteiger partial charge in [-0.15, -0.1) is 0 Å². The Balaban J connectivity index is 1.73. The van der Waals surface area contributed by atoms with Crippen LogP contribution in [-0.2, 0) is 20.7 Å². The number of piperidine rings is 1. The molecule has 0 aromatic heterocycles. The molecular weight excluding hydrogens is 282 g/mol. The van der Waals surface area contributed by atoms with E-state index in [0.29, 0.717) is 19.6 Å². The van der Waals surface area contributed by atoms with Crippen LogP contribution in [0.15, 0.2) is 24.3 Å². The lowest BCUT2D eigenvalue weighted by Gasteiger charge is -2.34. The van der Waals surface area contributed by atoms with Crippen LogP contribution in [0.1, 0.15) is 42.9 Å². The van der Waals surface area contributed by atoms with Gasteiger partial charge in [0.2, 0.25) is 5.91 Å². The van der Waals surface area contributed by atoms with Gasteiger partial charge in [0.05, 0.1) is 19.1 Å². The number of carboxylic acids is 1. The lowest BCUT2D eigenvalue weighted by molar-refractivity contribution is -0.153. The van der Waals surface area contributed by atoms with Crippen LogP contribution in [0.25, 0.3) is 0 Å². The Labute approximate surface area is 129 Å². The van der Waals surface area contributed by atoms with Gasteiger partial charge in [0, 0.05) is 6.54 Å². The van der Waals surface area contributed by atoms with Crippen LogP contribution in [0.4, 0.5) is 0 Å². The molecule has 1 saturated heterocycles. The van der Waals surface area contributed by atoms with Crippen molar-refractivity contribution in [2.75, 3.05) is 13.2 Å². The van der Waals surface area contributed by atoms with Gasteiger partial charge in [-0.25, -0.2) is 4.79 Å². The molecule has 1 fully saturated rings. The van der Waals surface area contributed by atoms with Gasteiger partial charge in [-0.05, 0) is 36.8 Å². The zero-order chi connectivity index (χ0) is 15.5. The first kappa shape index (κ1) is 15.0. The van der Waals surface area contributed by atoms with Crippen molar-refractivity contribution in [1.29, 1.82) is 0 Å². The monoisotopic (exact) mass is 303 g/mol. The van der Waals surface area contributed by atoms with Crippen molar-refractivity contribution in [2.45, 2.75) is 44.2 Å². The van der Waals surface area contributed by atoms with Crippen LogP contribution >= 0.6 is 0 Å². The normalized spacial score (nSPS) is 24.6. The molecule has 0 bridgehead atoms. The van der Waals surface area contributed by atoms with Gasteiger partial charge in [-0.2, -0.15) is 0 Å². The topological polar surface area (TPSA) is 66.8 Å². The van der Waals surface area contributed by atoms with E-state index < -0.39 is 12.0 Å². The number of amides is 1. The number of rotatable bonds is 3. The summed E-state index contributed by atoms with van der Waals surface area (Å²) in [5.74, 6) is -1.02. The SMILES string of the molecule is O=C(O)C1CCCCN1C(=O)CC1OCCc2ccccc21. The fraction of sp³-hybridized carbons (Fsp3) is 0.529. The molecule has 1 N–H and O–H groups in total. The average molecular weight is 303 g/mol. The highest BCUT2D eigenvalue weighted by Gasteiger charge is 2.34. The van der Waals surface area contributed by atoms with Crippen LogP contribution in [0.3, 0.4) is 0 Å². The molecule has 2 unspecified atom stereocenters. The van der Waals surface area contributed by atoms with E-state index in [4.69, 9.17) is 4.74 Å². The number of carboxylic acid groups (broad SMARTS) is 1. The second kappa shape index (κ2) is 6.48. The zero-order valence-corrected chi connectivity index (χ0v) is 12.5. The van der Waals surface area contributed by atoms with E-state index in [1.807, 2.05) is 18.2 Å². The molecule has 3 rings (SSSR count). The summed E-state index contributed by atoms with van der Waals surface area (Å²) in [5.41, 5.74) is 2.28. The first-order chi connectivity index (χ1) is 10.7. The molecule has 2 aliphatic rings. The summed E-state index contributed by atoms with van der Waals surface area (Å²) in [5, 5.41) is 9.30. The number of carbonyl (C=O) groups is 2. The molecule has 0 saturated carbocycles. The maximum absolute atomic E-state index is 12.6. The molecule has 118 valence electrons. The molecule has 5 nitrogen and oxygen atoms in total. The van der Waals surface area contributed by atoms with E-state index >= 15 is 0 Å². The molecule has 0 radical (unpaired) electrons. The molecule has 2 atom stereocenters. The summed E-state index contributed by atoms with van der Waals surface area (Å²) < 4.78 is 5.77. The molecule has 0 spiro atoms. The number of aliphatic carboxylic acids is 1. The van der Waals surface area contributed by atoms with Gasteiger partial charge in [0.1, 0.15) is 6.04 Å². The summed E-state index contributed by atoms with van der Waals surface area (Å²) >= 11 is 0. The molecular formula is C17H21NO4. The highest BCUT2D eigenvalue weighted by molar-refractivity contribution is 5.84. The molecule has 0 aliphatic carbocycles. The highest BCUT2D eigenvalue weighted by Crippen LogP contribution is 2.31. The fourth-order valence-corrected chi connectivity index (χ4v) is 3.41. The van der Waals surface area contributed by atoms with Crippen molar-refractivity contribution in [1.82, 2.24) is 4.90 Å². The number of benzene rings is 1. The van der Waals surface area contributed by atoms with Crippen molar-refractivity contribution in [3.05, 3.63) is 35.4 Å². The van der Waals surface area contributed by atoms with Crippen molar-refractivity contribution < 1.29 is 19.4 Å². The van der Waals surface area contributed by atoms with Gasteiger partial charge in [-0.1, -0.05) is 24.3 Å². The number of ether oxygens (including phenoxy) is 1. The molecule has 2 heterocycles. The number of nitrogens with zero attached hydrogens (tertiary/aromatic N) is 1. The summed E-state index contributed by atoms with van der Waals surface area (Å²) in [6, 6.07) is 7.33. The largest absolute Gasteiger partial charge is 0.480 e. The lowest BCUT2D eigenvalue weighted by Crippen LogP contribution is -2.48. The number of carbonyl (C=O) groups excluding carboxylic acids is 1. The zero-order valence-electron chi connectivity index (χ0n) is 12.5. The predicted molar refractivity (Wildman–Crippen MR) is 80.4 cm³/mol.